The zero-order valence-corrected chi connectivity index (χ0v) is 18.5. The Labute approximate surface area is 192 Å². The van der Waals surface area contributed by atoms with E-state index in [0.717, 1.165) is 65.1 Å². The molecule has 0 unspecified atom stereocenters. The first-order chi connectivity index (χ1) is 16.3. The molecule has 7 nitrogen and oxygen atoms in total. The van der Waals surface area contributed by atoms with Gasteiger partial charge >= 0.3 is 0 Å². The van der Waals surface area contributed by atoms with Gasteiger partial charge in [0.15, 0.2) is 0 Å². The van der Waals surface area contributed by atoms with Crippen molar-refractivity contribution in [3.63, 3.8) is 0 Å². The molecule has 7 heteroatoms. The molecule has 0 saturated carbocycles. The summed E-state index contributed by atoms with van der Waals surface area (Å²) in [4.78, 5) is 30.8. The van der Waals surface area contributed by atoms with Crippen LogP contribution in [0.4, 0.5) is 5.82 Å². The van der Waals surface area contributed by atoms with Crippen LogP contribution in [0.1, 0.15) is 34.9 Å². The van der Waals surface area contributed by atoms with Crippen molar-refractivity contribution in [1.29, 1.82) is 0 Å². The lowest BCUT2D eigenvalue weighted by molar-refractivity contribution is 0.0304. The highest BCUT2D eigenvalue weighted by molar-refractivity contribution is 6.07. The van der Waals surface area contributed by atoms with Crippen LogP contribution in [0.3, 0.4) is 0 Å². The number of para-hydroxylation sites is 3. The smallest absolute Gasteiger partial charge is 0.254 e. The number of nitrogens with zero attached hydrogens (tertiary/aromatic N) is 4. The molecule has 0 radical (unpaired) electrons. The molecule has 4 heterocycles. The first-order valence-corrected chi connectivity index (χ1v) is 11.7. The fourth-order valence-electron chi connectivity index (χ4n) is 4.99. The van der Waals surface area contributed by atoms with E-state index in [9.17, 15) is 4.79 Å². The molecule has 2 aromatic heterocycles. The van der Waals surface area contributed by atoms with Crippen molar-refractivity contribution >= 4 is 33.7 Å². The van der Waals surface area contributed by atoms with Crippen LogP contribution in [-0.4, -0.2) is 65.2 Å². The second-order valence-corrected chi connectivity index (χ2v) is 8.85. The van der Waals surface area contributed by atoms with Crippen LogP contribution >= 0.6 is 0 Å². The molecule has 0 aliphatic carbocycles. The quantitative estimate of drug-likeness (QED) is 0.521. The predicted molar refractivity (Wildman–Crippen MR) is 129 cm³/mol. The van der Waals surface area contributed by atoms with Crippen LogP contribution in [0.15, 0.2) is 54.6 Å². The van der Waals surface area contributed by atoms with Crippen molar-refractivity contribution in [2.75, 3.05) is 44.3 Å². The number of carbonyl (C=O) groups excluding carboxylic acids is 1. The Bertz CT molecular complexity index is 1270. The van der Waals surface area contributed by atoms with Gasteiger partial charge in [-0.15, -0.1) is 0 Å². The largest absolute Gasteiger partial charge is 0.378 e. The number of carbonyl (C=O) groups is 1. The van der Waals surface area contributed by atoms with Crippen LogP contribution in [0.25, 0.3) is 21.9 Å². The molecule has 6 rings (SSSR count). The van der Waals surface area contributed by atoms with Crippen molar-refractivity contribution in [2.24, 2.45) is 0 Å². The maximum atomic E-state index is 13.4. The summed E-state index contributed by atoms with van der Waals surface area (Å²) in [5.74, 6) is 2.43. The van der Waals surface area contributed by atoms with Crippen LogP contribution in [0.5, 0.6) is 0 Å². The number of ether oxygens (including phenoxy) is 1. The van der Waals surface area contributed by atoms with Crippen molar-refractivity contribution < 1.29 is 9.53 Å². The van der Waals surface area contributed by atoms with E-state index < -0.39 is 0 Å². The van der Waals surface area contributed by atoms with Gasteiger partial charge in [0.1, 0.15) is 11.6 Å². The van der Waals surface area contributed by atoms with Crippen LogP contribution < -0.4 is 4.90 Å². The Morgan fingerprint density at radius 2 is 1.64 bits per heavy atom. The average molecular weight is 442 g/mol. The highest BCUT2D eigenvalue weighted by Crippen LogP contribution is 2.31. The number of fused-ring (bicyclic) bond motifs is 2. The number of nitrogens with one attached hydrogen (secondary N) is 1. The average Bonchev–Trinajstić information content (AvgIpc) is 3.33. The topological polar surface area (TPSA) is 74.4 Å². The maximum Gasteiger partial charge on any atom is 0.254 e. The Kier molecular flexibility index (Phi) is 5.19. The van der Waals surface area contributed by atoms with Gasteiger partial charge in [0, 0.05) is 37.5 Å². The van der Waals surface area contributed by atoms with Gasteiger partial charge in [-0.2, -0.15) is 0 Å². The van der Waals surface area contributed by atoms with Gasteiger partial charge in [-0.1, -0.05) is 30.3 Å². The fraction of sp³-hybridized carbons (Fsp3) is 0.346. The minimum absolute atomic E-state index is 0.0651. The molecule has 2 fully saturated rings. The van der Waals surface area contributed by atoms with Gasteiger partial charge < -0.3 is 19.5 Å². The summed E-state index contributed by atoms with van der Waals surface area (Å²) >= 11 is 0. The first-order valence-electron chi connectivity index (χ1n) is 11.7. The number of pyridine rings is 1. The summed E-state index contributed by atoms with van der Waals surface area (Å²) in [6, 6.07) is 18.1. The number of hydrogen-bond donors (Lipinski definition) is 1. The van der Waals surface area contributed by atoms with Crippen LogP contribution in [0, 0.1) is 0 Å². The van der Waals surface area contributed by atoms with Gasteiger partial charge in [-0.05, 0) is 37.1 Å². The normalized spacial score (nSPS) is 17.7. The molecule has 1 N–H and O–H groups in total. The molecule has 4 aromatic rings. The Hall–Kier alpha value is -3.45. The lowest BCUT2D eigenvalue weighted by Gasteiger charge is -2.33. The number of amides is 1. The van der Waals surface area contributed by atoms with Gasteiger partial charge in [0.25, 0.3) is 5.91 Å². The predicted octanol–water partition coefficient (Wildman–Crippen LogP) is 3.97. The molecule has 0 spiro atoms. The number of morpholine rings is 1. The lowest BCUT2D eigenvalue weighted by atomic mass is 9.96. The maximum absolute atomic E-state index is 13.4. The van der Waals surface area contributed by atoms with Crippen LogP contribution in [-0.2, 0) is 4.74 Å². The number of benzene rings is 2. The number of rotatable bonds is 3. The molecule has 0 atom stereocenters. The van der Waals surface area contributed by atoms with E-state index in [1.54, 1.807) is 0 Å². The number of aromatic nitrogens is 3. The lowest BCUT2D eigenvalue weighted by Crippen LogP contribution is -2.41. The monoisotopic (exact) mass is 441 g/mol. The summed E-state index contributed by atoms with van der Waals surface area (Å²) < 4.78 is 5.44. The molecular weight excluding hydrogens is 414 g/mol. The fourth-order valence-corrected chi connectivity index (χ4v) is 4.99. The van der Waals surface area contributed by atoms with Crippen molar-refractivity contribution in [2.45, 2.75) is 18.8 Å². The van der Waals surface area contributed by atoms with E-state index in [-0.39, 0.29) is 5.91 Å². The summed E-state index contributed by atoms with van der Waals surface area (Å²) in [6.07, 6.45) is 2.00. The number of piperidine rings is 1. The zero-order chi connectivity index (χ0) is 22.2. The van der Waals surface area contributed by atoms with E-state index in [0.29, 0.717) is 32.2 Å². The van der Waals surface area contributed by atoms with Crippen molar-refractivity contribution in [3.05, 3.63) is 66.0 Å². The second-order valence-electron chi connectivity index (χ2n) is 8.85. The Morgan fingerprint density at radius 3 is 2.42 bits per heavy atom. The van der Waals surface area contributed by atoms with E-state index in [1.807, 2.05) is 47.4 Å². The molecule has 2 aromatic carbocycles. The van der Waals surface area contributed by atoms with Crippen molar-refractivity contribution in [3.8, 4) is 0 Å². The SMILES string of the molecule is O=C(c1cc(N2CCC(c3nc4ccccc4[nH]3)CC2)nc2ccccc12)N1CCOCC1. The molecule has 0 bridgehead atoms. The van der Waals surface area contributed by atoms with Crippen LogP contribution in [0.2, 0.25) is 0 Å². The summed E-state index contributed by atoms with van der Waals surface area (Å²) in [6.45, 7) is 4.23. The summed E-state index contributed by atoms with van der Waals surface area (Å²) in [5.41, 5.74) is 3.72. The number of hydrogen-bond acceptors (Lipinski definition) is 5. The number of H-pyrrole nitrogens is 1. The molecule has 2 saturated heterocycles. The number of aromatic amines is 1. The molecule has 2 aliphatic rings. The van der Waals surface area contributed by atoms with E-state index >= 15 is 0 Å². The van der Waals surface area contributed by atoms with Gasteiger partial charge in [0.2, 0.25) is 0 Å². The van der Waals surface area contributed by atoms with Gasteiger partial charge in [0.05, 0.1) is 35.3 Å². The summed E-state index contributed by atoms with van der Waals surface area (Å²) in [5, 5.41) is 0.912. The standard InChI is InChI=1S/C26H27N5O2/c32-26(31-13-15-33-16-14-31)20-17-24(27-21-6-2-1-5-19(20)21)30-11-9-18(10-12-30)25-28-22-7-3-4-8-23(22)29-25/h1-8,17-18H,9-16H2,(H,28,29). The Balaban J connectivity index is 1.26. The summed E-state index contributed by atoms with van der Waals surface area (Å²) in [7, 11) is 0. The van der Waals surface area contributed by atoms with Gasteiger partial charge in [-0.25, -0.2) is 9.97 Å². The van der Waals surface area contributed by atoms with E-state index in [2.05, 4.69) is 22.0 Å². The highest BCUT2D eigenvalue weighted by Gasteiger charge is 2.26. The zero-order valence-electron chi connectivity index (χ0n) is 18.5. The molecule has 168 valence electrons. The molecule has 1 amide bonds. The van der Waals surface area contributed by atoms with Crippen molar-refractivity contribution in [1.82, 2.24) is 19.9 Å². The number of anilines is 1. The third-order valence-corrected chi connectivity index (χ3v) is 6.84. The third-order valence-electron chi connectivity index (χ3n) is 6.84. The minimum Gasteiger partial charge on any atom is -0.378 e. The molecule has 2 aliphatic heterocycles. The second kappa shape index (κ2) is 8.48. The first kappa shape index (κ1) is 20.2. The van der Waals surface area contributed by atoms with Gasteiger partial charge in [-0.3, -0.25) is 4.79 Å². The molecule has 33 heavy (non-hydrogen) atoms. The van der Waals surface area contributed by atoms with E-state index in [4.69, 9.17) is 14.7 Å². The minimum atomic E-state index is 0.0651. The Morgan fingerprint density at radius 1 is 0.909 bits per heavy atom. The molecular formula is C26H27N5O2. The number of imidazole rings is 1. The third kappa shape index (κ3) is 3.82. The highest BCUT2D eigenvalue weighted by atomic mass is 16.5. The van der Waals surface area contributed by atoms with E-state index in [1.165, 1.54) is 0 Å².